The second-order valence-corrected chi connectivity index (χ2v) is 3.61. The molecule has 0 saturated carbocycles. The van der Waals surface area contributed by atoms with Crippen molar-refractivity contribution in [1.82, 2.24) is 5.32 Å². The second-order valence-electron chi connectivity index (χ2n) is 3.61. The molecule has 0 fully saturated rings. The average molecular weight is 193 g/mol. The summed E-state index contributed by atoms with van der Waals surface area (Å²) in [7, 11) is 0. The minimum Gasteiger partial charge on any atom is -0.494 e. The summed E-state index contributed by atoms with van der Waals surface area (Å²) in [6.07, 6.45) is 0. The molecular formula is C12H19NO. The van der Waals surface area contributed by atoms with E-state index >= 15 is 0 Å². The lowest BCUT2D eigenvalue weighted by Gasteiger charge is -2.08. The number of rotatable bonds is 5. The predicted molar refractivity (Wildman–Crippen MR) is 59.6 cm³/mol. The summed E-state index contributed by atoms with van der Waals surface area (Å²) in [6.45, 7) is 7.94. The number of nitrogens with one attached hydrogen (secondary N) is 1. The molecule has 14 heavy (non-hydrogen) atoms. The molecule has 0 heterocycles. The number of ether oxygens (including phenoxy) is 1. The fourth-order valence-electron chi connectivity index (χ4n) is 1.19. The molecule has 2 heteroatoms. The first-order valence-corrected chi connectivity index (χ1v) is 5.17. The fourth-order valence-corrected chi connectivity index (χ4v) is 1.19. The van der Waals surface area contributed by atoms with Crippen LogP contribution in [0.3, 0.4) is 0 Å². The summed E-state index contributed by atoms with van der Waals surface area (Å²) in [5, 5.41) is 3.37. The Kier molecular flexibility index (Phi) is 4.47. The summed E-state index contributed by atoms with van der Waals surface area (Å²) < 4.78 is 5.37. The number of hydrogen-bond acceptors (Lipinski definition) is 2. The van der Waals surface area contributed by atoms with Gasteiger partial charge in [-0.1, -0.05) is 26.0 Å². The fraction of sp³-hybridized carbons (Fsp3) is 0.500. The van der Waals surface area contributed by atoms with Gasteiger partial charge in [0.2, 0.25) is 0 Å². The molecule has 0 bridgehead atoms. The maximum atomic E-state index is 5.37. The molecular weight excluding hydrogens is 174 g/mol. The van der Waals surface area contributed by atoms with E-state index in [0.717, 1.165) is 18.9 Å². The first kappa shape index (κ1) is 11.1. The number of hydrogen-bond donors (Lipinski definition) is 1. The van der Waals surface area contributed by atoms with Crippen molar-refractivity contribution >= 4 is 0 Å². The van der Waals surface area contributed by atoms with Crippen molar-refractivity contribution in [3.05, 3.63) is 29.8 Å². The Balaban J connectivity index is 2.46. The van der Waals surface area contributed by atoms with Crippen molar-refractivity contribution in [2.45, 2.75) is 33.4 Å². The van der Waals surface area contributed by atoms with Crippen molar-refractivity contribution < 1.29 is 4.74 Å². The largest absolute Gasteiger partial charge is 0.494 e. The van der Waals surface area contributed by atoms with Crippen LogP contribution in [0, 0.1) is 0 Å². The molecule has 0 aliphatic rings. The summed E-state index contributed by atoms with van der Waals surface area (Å²) in [5.74, 6) is 0.945. The zero-order chi connectivity index (χ0) is 10.4. The Bertz CT molecular complexity index is 254. The predicted octanol–water partition coefficient (Wildman–Crippen LogP) is 2.58. The van der Waals surface area contributed by atoms with Crippen molar-refractivity contribution in [3.63, 3.8) is 0 Å². The van der Waals surface area contributed by atoms with Crippen LogP contribution in [0.5, 0.6) is 5.75 Å². The van der Waals surface area contributed by atoms with Gasteiger partial charge >= 0.3 is 0 Å². The molecule has 0 radical (unpaired) electrons. The average Bonchev–Trinajstić information content (AvgIpc) is 2.17. The third kappa shape index (κ3) is 3.79. The van der Waals surface area contributed by atoms with Gasteiger partial charge in [-0.05, 0) is 24.6 Å². The zero-order valence-corrected chi connectivity index (χ0v) is 9.21. The Labute approximate surface area is 86.3 Å². The van der Waals surface area contributed by atoms with Gasteiger partial charge in [-0.3, -0.25) is 0 Å². The van der Waals surface area contributed by atoms with E-state index in [4.69, 9.17) is 4.74 Å². The van der Waals surface area contributed by atoms with Crippen LogP contribution in [0.15, 0.2) is 24.3 Å². The van der Waals surface area contributed by atoms with Crippen LogP contribution < -0.4 is 10.1 Å². The van der Waals surface area contributed by atoms with Crippen LogP contribution in [-0.4, -0.2) is 12.6 Å². The highest BCUT2D eigenvalue weighted by atomic mass is 16.5. The summed E-state index contributed by atoms with van der Waals surface area (Å²) >= 11 is 0. The van der Waals surface area contributed by atoms with Crippen molar-refractivity contribution in [2.75, 3.05) is 6.61 Å². The van der Waals surface area contributed by atoms with E-state index in [1.165, 1.54) is 5.56 Å². The van der Waals surface area contributed by atoms with E-state index in [9.17, 15) is 0 Å². The molecule has 0 amide bonds. The Hall–Kier alpha value is -1.02. The Morgan fingerprint density at radius 2 is 1.86 bits per heavy atom. The van der Waals surface area contributed by atoms with Gasteiger partial charge in [-0.2, -0.15) is 0 Å². The Morgan fingerprint density at radius 1 is 1.21 bits per heavy atom. The van der Waals surface area contributed by atoms with Gasteiger partial charge in [0.05, 0.1) is 6.61 Å². The lowest BCUT2D eigenvalue weighted by Crippen LogP contribution is -2.21. The van der Waals surface area contributed by atoms with E-state index in [0.29, 0.717) is 6.04 Å². The normalized spacial score (nSPS) is 10.6. The molecule has 1 rings (SSSR count). The molecule has 0 aliphatic carbocycles. The van der Waals surface area contributed by atoms with Gasteiger partial charge in [-0.25, -0.2) is 0 Å². The third-order valence-corrected chi connectivity index (χ3v) is 1.95. The van der Waals surface area contributed by atoms with E-state index < -0.39 is 0 Å². The van der Waals surface area contributed by atoms with Crippen LogP contribution >= 0.6 is 0 Å². The SMILES string of the molecule is CCOc1ccc(CNC(C)C)cc1. The minimum absolute atomic E-state index is 0.529. The quantitative estimate of drug-likeness (QED) is 0.776. The molecule has 2 nitrogen and oxygen atoms in total. The molecule has 1 N–H and O–H groups in total. The highest BCUT2D eigenvalue weighted by Crippen LogP contribution is 2.11. The van der Waals surface area contributed by atoms with Crippen molar-refractivity contribution in [3.8, 4) is 5.75 Å². The molecule has 0 aliphatic heterocycles. The van der Waals surface area contributed by atoms with E-state index in [2.05, 4.69) is 31.3 Å². The molecule has 0 atom stereocenters. The van der Waals surface area contributed by atoms with Gasteiger partial charge in [0.1, 0.15) is 5.75 Å². The highest BCUT2D eigenvalue weighted by molar-refractivity contribution is 5.27. The Morgan fingerprint density at radius 3 is 2.36 bits per heavy atom. The molecule has 0 aromatic heterocycles. The van der Waals surface area contributed by atoms with Crippen LogP contribution in [0.4, 0.5) is 0 Å². The van der Waals surface area contributed by atoms with Crippen LogP contribution in [0.25, 0.3) is 0 Å². The highest BCUT2D eigenvalue weighted by Gasteiger charge is 1.96. The van der Waals surface area contributed by atoms with Crippen LogP contribution in [-0.2, 0) is 6.54 Å². The molecule has 1 aromatic rings. The van der Waals surface area contributed by atoms with E-state index in [-0.39, 0.29) is 0 Å². The first-order chi connectivity index (χ1) is 6.72. The van der Waals surface area contributed by atoms with E-state index in [1.54, 1.807) is 0 Å². The van der Waals surface area contributed by atoms with Gasteiger partial charge < -0.3 is 10.1 Å². The topological polar surface area (TPSA) is 21.3 Å². The lowest BCUT2D eigenvalue weighted by atomic mass is 10.2. The van der Waals surface area contributed by atoms with Crippen molar-refractivity contribution in [2.24, 2.45) is 0 Å². The standard InChI is InChI=1S/C12H19NO/c1-4-14-12-7-5-11(6-8-12)9-13-10(2)3/h5-8,10,13H,4,9H2,1-3H3. The summed E-state index contributed by atoms with van der Waals surface area (Å²) in [5.41, 5.74) is 1.29. The smallest absolute Gasteiger partial charge is 0.119 e. The second kappa shape index (κ2) is 5.66. The lowest BCUT2D eigenvalue weighted by molar-refractivity contribution is 0.340. The van der Waals surface area contributed by atoms with E-state index in [1.807, 2.05) is 19.1 Å². The molecule has 0 spiro atoms. The molecule has 0 saturated heterocycles. The molecule has 78 valence electrons. The maximum absolute atomic E-state index is 5.37. The monoisotopic (exact) mass is 193 g/mol. The maximum Gasteiger partial charge on any atom is 0.119 e. The van der Waals surface area contributed by atoms with Gasteiger partial charge in [0.15, 0.2) is 0 Å². The van der Waals surface area contributed by atoms with Gasteiger partial charge in [0, 0.05) is 12.6 Å². The minimum atomic E-state index is 0.529. The molecule has 0 unspecified atom stereocenters. The van der Waals surface area contributed by atoms with Gasteiger partial charge in [-0.15, -0.1) is 0 Å². The van der Waals surface area contributed by atoms with Crippen LogP contribution in [0.1, 0.15) is 26.3 Å². The van der Waals surface area contributed by atoms with Gasteiger partial charge in [0.25, 0.3) is 0 Å². The van der Waals surface area contributed by atoms with Crippen molar-refractivity contribution in [1.29, 1.82) is 0 Å². The first-order valence-electron chi connectivity index (χ1n) is 5.17. The third-order valence-electron chi connectivity index (χ3n) is 1.95. The number of benzene rings is 1. The molecule has 1 aromatic carbocycles. The summed E-state index contributed by atoms with van der Waals surface area (Å²) in [4.78, 5) is 0. The van der Waals surface area contributed by atoms with Crippen LogP contribution in [0.2, 0.25) is 0 Å². The zero-order valence-electron chi connectivity index (χ0n) is 9.21. The summed E-state index contributed by atoms with van der Waals surface area (Å²) in [6, 6.07) is 8.75.